The van der Waals surface area contributed by atoms with E-state index in [2.05, 4.69) is 19.1 Å². The van der Waals surface area contributed by atoms with E-state index in [1.807, 2.05) is 18.2 Å². The number of unbranched alkanes of at least 4 members (excludes halogenated alkanes) is 5. The van der Waals surface area contributed by atoms with Gasteiger partial charge in [-0.25, -0.2) is 4.79 Å². The van der Waals surface area contributed by atoms with Gasteiger partial charge in [0.2, 0.25) is 0 Å². The fourth-order valence-corrected chi connectivity index (χ4v) is 3.68. The van der Waals surface area contributed by atoms with Gasteiger partial charge in [0, 0.05) is 0 Å². The lowest BCUT2D eigenvalue weighted by molar-refractivity contribution is 0.124. The van der Waals surface area contributed by atoms with Gasteiger partial charge in [-0.2, -0.15) is 0 Å². The fourth-order valence-electron chi connectivity index (χ4n) is 2.65. The molecule has 110 valence electrons. The van der Waals surface area contributed by atoms with Crippen LogP contribution in [-0.2, 0) is 4.74 Å². The van der Waals surface area contributed by atoms with Crippen LogP contribution < -0.4 is 0 Å². The molecular weight excluding hydrogens is 268 g/mol. The standard InChI is InChI=1S/C17H24O2S/c1-2-3-4-5-6-10-13-15-16(20-17(18)19-15)14-11-8-7-9-12-14/h7-9,11-12,15-16H,2-6,10,13H2,1H3/t15-,16+/m1/s1. The summed E-state index contributed by atoms with van der Waals surface area (Å²) in [4.78, 5) is 11.6. The summed E-state index contributed by atoms with van der Waals surface area (Å²) in [6, 6.07) is 10.2. The fraction of sp³-hybridized carbons (Fsp3) is 0.588. The van der Waals surface area contributed by atoms with Gasteiger partial charge in [0.05, 0.1) is 5.25 Å². The van der Waals surface area contributed by atoms with Gasteiger partial charge in [-0.15, -0.1) is 0 Å². The van der Waals surface area contributed by atoms with E-state index < -0.39 is 0 Å². The summed E-state index contributed by atoms with van der Waals surface area (Å²) in [7, 11) is 0. The number of carbonyl (C=O) groups is 1. The monoisotopic (exact) mass is 292 g/mol. The predicted molar refractivity (Wildman–Crippen MR) is 85.0 cm³/mol. The van der Waals surface area contributed by atoms with Gasteiger partial charge in [-0.3, -0.25) is 0 Å². The highest BCUT2D eigenvalue weighted by Crippen LogP contribution is 2.43. The molecule has 1 aliphatic rings. The number of hydrogen-bond acceptors (Lipinski definition) is 3. The maximum atomic E-state index is 11.6. The molecule has 1 aromatic carbocycles. The van der Waals surface area contributed by atoms with Crippen molar-refractivity contribution in [1.29, 1.82) is 0 Å². The molecule has 0 unspecified atom stereocenters. The second-order valence-electron chi connectivity index (χ2n) is 5.41. The number of hydrogen-bond donors (Lipinski definition) is 0. The molecule has 1 saturated heterocycles. The average molecular weight is 292 g/mol. The van der Waals surface area contributed by atoms with E-state index in [0.29, 0.717) is 0 Å². The van der Waals surface area contributed by atoms with Crippen molar-refractivity contribution < 1.29 is 9.53 Å². The molecule has 0 saturated carbocycles. The van der Waals surface area contributed by atoms with Crippen molar-refractivity contribution in [2.75, 3.05) is 0 Å². The van der Waals surface area contributed by atoms with Crippen LogP contribution >= 0.6 is 11.8 Å². The molecule has 0 amide bonds. The molecular formula is C17H24O2S. The van der Waals surface area contributed by atoms with E-state index in [1.54, 1.807) is 0 Å². The van der Waals surface area contributed by atoms with Crippen molar-refractivity contribution in [3.8, 4) is 0 Å². The van der Waals surface area contributed by atoms with Crippen molar-refractivity contribution in [2.45, 2.75) is 63.2 Å². The van der Waals surface area contributed by atoms with Crippen LogP contribution in [-0.4, -0.2) is 11.4 Å². The summed E-state index contributed by atoms with van der Waals surface area (Å²) >= 11 is 1.34. The number of carbonyl (C=O) groups excluding carboxylic acids is 1. The number of cyclic esters (lactones) is 1. The highest BCUT2D eigenvalue weighted by molar-refractivity contribution is 8.13. The van der Waals surface area contributed by atoms with Crippen LogP contribution in [0.25, 0.3) is 0 Å². The Balaban J connectivity index is 1.79. The Labute approximate surface area is 126 Å². The van der Waals surface area contributed by atoms with Gasteiger partial charge >= 0.3 is 5.30 Å². The molecule has 0 radical (unpaired) electrons. The quantitative estimate of drug-likeness (QED) is 0.452. The van der Waals surface area contributed by atoms with Crippen molar-refractivity contribution in [1.82, 2.24) is 0 Å². The van der Waals surface area contributed by atoms with Gasteiger partial charge in [-0.05, 0) is 30.2 Å². The summed E-state index contributed by atoms with van der Waals surface area (Å²) in [5.74, 6) is 0. The van der Waals surface area contributed by atoms with Crippen LogP contribution in [0.15, 0.2) is 30.3 Å². The number of thioether (sulfide) groups is 1. The van der Waals surface area contributed by atoms with Gasteiger partial charge in [-0.1, -0.05) is 69.4 Å². The first-order valence-corrected chi connectivity index (χ1v) is 8.61. The maximum Gasteiger partial charge on any atom is 0.368 e. The lowest BCUT2D eigenvalue weighted by Gasteiger charge is -2.16. The Kier molecular flexibility index (Phi) is 6.44. The normalized spacial score (nSPS) is 21.9. The third kappa shape index (κ3) is 4.55. The largest absolute Gasteiger partial charge is 0.453 e. The lowest BCUT2D eigenvalue weighted by Crippen LogP contribution is -2.13. The molecule has 0 bridgehead atoms. The Morgan fingerprint density at radius 3 is 2.50 bits per heavy atom. The van der Waals surface area contributed by atoms with E-state index in [0.717, 1.165) is 12.8 Å². The van der Waals surface area contributed by atoms with Crippen LogP contribution in [0.1, 0.15) is 62.7 Å². The lowest BCUT2D eigenvalue weighted by atomic mass is 10.0. The van der Waals surface area contributed by atoms with Gasteiger partial charge in [0.1, 0.15) is 6.10 Å². The molecule has 0 N–H and O–H groups in total. The first kappa shape index (κ1) is 15.4. The molecule has 1 heterocycles. The topological polar surface area (TPSA) is 26.3 Å². The van der Waals surface area contributed by atoms with Gasteiger partial charge < -0.3 is 4.74 Å². The predicted octanol–water partition coefficient (Wildman–Crippen LogP) is 5.73. The molecule has 20 heavy (non-hydrogen) atoms. The minimum Gasteiger partial charge on any atom is -0.453 e. The first-order valence-electron chi connectivity index (χ1n) is 7.73. The van der Waals surface area contributed by atoms with E-state index >= 15 is 0 Å². The van der Waals surface area contributed by atoms with E-state index in [1.165, 1.54) is 49.4 Å². The second kappa shape index (κ2) is 8.35. The molecule has 0 aromatic heterocycles. The Hall–Kier alpha value is -0.960. The minimum absolute atomic E-state index is 0.0566. The summed E-state index contributed by atoms with van der Waals surface area (Å²) in [6.45, 7) is 2.24. The number of benzene rings is 1. The third-order valence-corrected chi connectivity index (χ3v) is 4.90. The summed E-state index contributed by atoms with van der Waals surface area (Å²) < 4.78 is 5.48. The highest BCUT2D eigenvalue weighted by Gasteiger charge is 2.36. The SMILES string of the molecule is CCCCCCCC[C@H]1OC(=O)S[C@H]1c1ccccc1. The molecule has 0 aliphatic carbocycles. The smallest absolute Gasteiger partial charge is 0.368 e. The zero-order chi connectivity index (χ0) is 14.2. The average Bonchev–Trinajstić information content (AvgIpc) is 2.85. The molecule has 3 heteroatoms. The number of rotatable bonds is 8. The van der Waals surface area contributed by atoms with Crippen LogP contribution in [0.4, 0.5) is 4.79 Å². The van der Waals surface area contributed by atoms with Gasteiger partial charge in [0.25, 0.3) is 0 Å². The Bertz CT molecular complexity index is 405. The maximum absolute atomic E-state index is 11.6. The molecule has 2 nitrogen and oxygen atoms in total. The van der Waals surface area contributed by atoms with Gasteiger partial charge in [0.15, 0.2) is 0 Å². The first-order chi connectivity index (χ1) is 9.81. The summed E-state index contributed by atoms with van der Waals surface area (Å²) in [6.07, 6.45) is 8.71. The molecule has 1 aromatic rings. The van der Waals surface area contributed by atoms with Crippen molar-refractivity contribution in [3.05, 3.63) is 35.9 Å². The van der Waals surface area contributed by atoms with E-state index in [9.17, 15) is 4.79 Å². The van der Waals surface area contributed by atoms with Crippen LogP contribution in [0.5, 0.6) is 0 Å². The highest BCUT2D eigenvalue weighted by atomic mass is 32.2. The zero-order valence-corrected chi connectivity index (χ0v) is 13.0. The van der Waals surface area contributed by atoms with E-state index in [-0.39, 0.29) is 16.7 Å². The van der Waals surface area contributed by atoms with Crippen molar-refractivity contribution >= 4 is 17.1 Å². The molecule has 1 aliphatic heterocycles. The molecule has 1 fully saturated rings. The summed E-state index contributed by atoms with van der Waals surface area (Å²) in [5.41, 5.74) is 1.21. The molecule has 2 atom stereocenters. The van der Waals surface area contributed by atoms with Crippen molar-refractivity contribution in [3.63, 3.8) is 0 Å². The summed E-state index contributed by atoms with van der Waals surface area (Å²) in [5, 5.41) is 0.0641. The molecule has 2 rings (SSSR count). The van der Waals surface area contributed by atoms with Crippen LogP contribution in [0, 0.1) is 0 Å². The zero-order valence-electron chi connectivity index (χ0n) is 12.2. The molecule has 0 spiro atoms. The van der Waals surface area contributed by atoms with Crippen LogP contribution in [0.3, 0.4) is 0 Å². The van der Waals surface area contributed by atoms with Crippen molar-refractivity contribution in [2.24, 2.45) is 0 Å². The van der Waals surface area contributed by atoms with E-state index in [4.69, 9.17) is 4.74 Å². The minimum atomic E-state index is -0.116. The third-order valence-electron chi connectivity index (χ3n) is 3.78. The second-order valence-corrected chi connectivity index (χ2v) is 6.49. The van der Waals surface area contributed by atoms with Crippen LogP contribution in [0.2, 0.25) is 0 Å². The Morgan fingerprint density at radius 2 is 1.75 bits per heavy atom. The number of ether oxygens (including phenoxy) is 1. The Morgan fingerprint density at radius 1 is 1.05 bits per heavy atom.